The molecule has 0 saturated heterocycles. The standard InChI is InChI=1S/C19H16BrNO6/c1-4-5-9-16-10(12(20)7-13(21-16)18(23)25-2)6-11-14(22)8-15(19(24)26-3)27-17(9)11/h6-8H,4-5H2,1-3H3. The second-order valence-corrected chi connectivity index (χ2v) is 6.68. The predicted molar refractivity (Wildman–Crippen MR) is 102 cm³/mol. The fourth-order valence-corrected chi connectivity index (χ4v) is 3.42. The lowest BCUT2D eigenvalue weighted by molar-refractivity contribution is 0.0563. The van der Waals surface area contributed by atoms with E-state index in [1.165, 1.54) is 14.2 Å². The maximum Gasteiger partial charge on any atom is 0.374 e. The van der Waals surface area contributed by atoms with E-state index in [1.807, 2.05) is 6.92 Å². The molecule has 1 aromatic carbocycles. The van der Waals surface area contributed by atoms with Gasteiger partial charge >= 0.3 is 11.9 Å². The highest BCUT2D eigenvalue weighted by Gasteiger charge is 2.20. The Hall–Kier alpha value is -2.74. The fourth-order valence-electron chi connectivity index (χ4n) is 2.90. The van der Waals surface area contributed by atoms with Gasteiger partial charge in [-0.25, -0.2) is 14.6 Å². The van der Waals surface area contributed by atoms with Crippen molar-refractivity contribution < 1.29 is 23.5 Å². The third kappa shape index (κ3) is 3.32. The van der Waals surface area contributed by atoms with E-state index in [0.29, 0.717) is 32.7 Å². The van der Waals surface area contributed by atoms with Crippen LogP contribution >= 0.6 is 15.9 Å². The van der Waals surface area contributed by atoms with Gasteiger partial charge in [0.1, 0.15) is 11.3 Å². The Morgan fingerprint density at radius 2 is 1.81 bits per heavy atom. The van der Waals surface area contributed by atoms with Crippen molar-refractivity contribution in [1.82, 2.24) is 4.98 Å². The van der Waals surface area contributed by atoms with Crippen LogP contribution in [0.15, 0.2) is 31.9 Å². The average Bonchev–Trinajstić information content (AvgIpc) is 2.67. The molecule has 3 aromatic rings. The molecule has 0 amide bonds. The summed E-state index contributed by atoms with van der Waals surface area (Å²) in [6.45, 7) is 1.96. The predicted octanol–water partition coefficient (Wildman–Crippen LogP) is 3.63. The number of ether oxygens (including phenoxy) is 2. The molecule has 0 spiro atoms. The largest absolute Gasteiger partial charge is 0.464 e. The van der Waals surface area contributed by atoms with Gasteiger partial charge in [0, 0.05) is 21.5 Å². The molecule has 140 valence electrons. The number of esters is 2. The molecule has 0 saturated carbocycles. The van der Waals surface area contributed by atoms with E-state index in [2.05, 4.69) is 25.7 Å². The number of pyridine rings is 1. The SMILES string of the molecule is CCCc1c2nc(C(=O)OC)cc(Br)c2cc2c(=O)cc(C(=O)OC)oc12. The number of aromatic nitrogens is 1. The van der Waals surface area contributed by atoms with Crippen LogP contribution in [0.4, 0.5) is 0 Å². The van der Waals surface area contributed by atoms with Crippen molar-refractivity contribution in [3.63, 3.8) is 0 Å². The molecule has 0 aliphatic carbocycles. The van der Waals surface area contributed by atoms with E-state index in [4.69, 9.17) is 9.15 Å². The molecule has 27 heavy (non-hydrogen) atoms. The molecule has 7 nitrogen and oxygen atoms in total. The van der Waals surface area contributed by atoms with Gasteiger partial charge < -0.3 is 13.9 Å². The number of halogens is 1. The number of benzene rings is 1. The Bertz CT molecular complexity index is 1130. The Balaban J connectivity index is 2.47. The van der Waals surface area contributed by atoms with Crippen molar-refractivity contribution in [2.24, 2.45) is 0 Å². The number of methoxy groups -OCH3 is 2. The minimum absolute atomic E-state index is 0.125. The topological polar surface area (TPSA) is 95.7 Å². The second-order valence-electron chi connectivity index (χ2n) is 5.83. The fraction of sp³-hybridized carbons (Fsp3) is 0.263. The lowest BCUT2D eigenvalue weighted by Gasteiger charge is -2.12. The number of carbonyl (C=O) groups excluding carboxylic acids is 2. The molecule has 0 atom stereocenters. The van der Waals surface area contributed by atoms with Gasteiger partial charge in [-0.15, -0.1) is 0 Å². The number of rotatable bonds is 4. The van der Waals surface area contributed by atoms with E-state index < -0.39 is 11.9 Å². The van der Waals surface area contributed by atoms with Crippen LogP contribution in [0.25, 0.3) is 21.9 Å². The summed E-state index contributed by atoms with van der Waals surface area (Å²) >= 11 is 3.44. The number of hydrogen-bond donors (Lipinski definition) is 0. The molecular weight excluding hydrogens is 418 g/mol. The third-order valence-electron chi connectivity index (χ3n) is 4.12. The van der Waals surface area contributed by atoms with Crippen molar-refractivity contribution in [3.05, 3.63) is 49.9 Å². The lowest BCUT2D eigenvalue weighted by atomic mass is 10.0. The summed E-state index contributed by atoms with van der Waals surface area (Å²) in [5.41, 5.74) is 1.17. The number of fused-ring (bicyclic) bond motifs is 2. The van der Waals surface area contributed by atoms with Gasteiger partial charge in [0.25, 0.3) is 0 Å². The summed E-state index contributed by atoms with van der Waals surface area (Å²) in [4.78, 5) is 40.8. The van der Waals surface area contributed by atoms with Crippen LogP contribution in [0.3, 0.4) is 0 Å². The maximum atomic E-state index is 12.6. The average molecular weight is 434 g/mol. The quantitative estimate of drug-likeness (QED) is 0.457. The Morgan fingerprint density at radius 3 is 2.44 bits per heavy atom. The van der Waals surface area contributed by atoms with Gasteiger partial charge in [0.15, 0.2) is 5.43 Å². The zero-order chi connectivity index (χ0) is 19.7. The molecule has 0 aliphatic heterocycles. The summed E-state index contributed by atoms with van der Waals surface area (Å²) < 4.78 is 15.7. The Kier molecular flexibility index (Phi) is 5.27. The molecule has 8 heteroatoms. The first-order valence-electron chi connectivity index (χ1n) is 8.17. The van der Waals surface area contributed by atoms with Gasteiger partial charge in [-0.2, -0.15) is 0 Å². The smallest absolute Gasteiger partial charge is 0.374 e. The van der Waals surface area contributed by atoms with E-state index in [9.17, 15) is 14.4 Å². The lowest BCUT2D eigenvalue weighted by Crippen LogP contribution is -2.10. The molecule has 0 unspecified atom stereocenters. The van der Waals surface area contributed by atoms with Crippen LogP contribution in [0.2, 0.25) is 0 Å². The van der Waals surface area contributed by atoms with E-state index in [1.54, 1.807) is 12.1 Å². The Labute approximate surface area is 162 Å². The highest BCUT2D eigenvalue weighted by molar-refractivity contribution is 9.10. The van der Waals surface area contributed by atoms with E-state index >= 15 is 0 Å². The first-order chi connectivity index (χ1) is 12.9. The maximum absolute atomic E-state index is 12.6. The normalized spacial score (nSPS) is 11.0. The molecule has 0 radical (unpaired) electrons. The molecule has 0 aliphatic rings. The molecule has 0 N–H and O–H groups in total. The molecule has 2 heterocycles. The zero-order valence-corrected chi connectivity index (χ0v) is 16.5. The second kappa shape index (κ2) is 7.48. The van der Waals surface area contributed by atoms with Crippen molar-refractivity contribution in [2.75, 3.05) is 14.2 Å². The third-order valence-corrected chi connectivity index (χ3v) is 4.78. The van der Waals surface area contributed by atoms with Crippen molar-refractivity contribution in [3.8, 4) is 0 Å². The molecule has 0 bridgehead atoms. The van der Waals surface area contributed by atoms with Crippen LogP contribution in [-0.4, -0.2) is 31.1 Å². The first-order valence-corrected chi connectivity index (χ1v) is 8.97. The van der Waals surface area contributed by atoms with Gasteiger partial charge in [-0.1, -0.05) is 29.3 Å². The van der Waals surface area contributed by atoms with Gasteiger partial charge in [-0.05, 0) is 18.6 Å². The minimum Gasteiger partial charge on any atom is -0.464 e. The van der Waals surface area contributed by atoms with Crippen molar-refractivity contribution >= 4 is 49.7 Å². The highest BCUT2D eigenvalue weighted by atomic mass is 79.9. The highest BCUT2D eigenvalue weighted by Crippen LogP contribution is 2.32. The number of aryl methyl sites for hydroxylation is 1. The van der Waals surface area contributed by atoms with Gasteiger partial charge in [0.05, 0.1) is 25.1 Å². The number of carbonyl (C=O) groups is 2. The Morgan fingerprint density at radius 1 is 1.11 bits per heavy atom. The van der Waals surface area contributed by atoms with Gasteiger partial charge in [0.2, 0.25) is 5.76 Å². The summed E-state index contributed by atoms with van der Waals surface area (Å²) in [5.74, 6) is -1.51. The zero-order valence-electron chi connectivity index (χ0n) is 14.9. The molecule has 0 fully saturated rings. The van der Waals surface area contributed by atoms with E-state index in [-0.39, 0.29) is 22.5 Å². The van der Waals surface area contributed by atoms with Crippen LogP contribution in [-0.2, 0) is 15.9 Å². The van der Waals surface area contributed by atoms with Crippen LogP contribution in [0, 0.1) is 0 Å². The monoisotopic (exact) mass is 433 g/mol. The number of hydrogen-bond acceptors (Lipinski definition) is 7. The van der Waals surface area contributed by atoms with Crippen molar-refractivity contribution in [2.45, 2.75) is 19.8 Å². The first kappa shape index (κ1) is 19.0. The summed E-state index contributed by atoms with van der Waals surface area (Å²) in [6, 6.07) is 4.29. The van der Waals surface area contributed by atoms with Crippen LogP contribution in [0.5, 0.6) is 0 Å². The van der Waals surface area contributed by atoms with E-state index in [0.717, 1.165) is 12.5 Å². The summed E-state index contributed by atoms with van der Waals surface area (Å²) in [7, 11) is 2.48. The number of nitrogens with zero attached hydrogens (tertiary/aromatic N) is 1. The molecular formula is C19H16BrNO6. The minimum atomic E-state index is -0.742. The van der Waals surface area contributed by atoms with Crippen molar-refractivity contribution in [1.29, 1.82) is 0 Å². The molecule has 3 rings (SSSR count). The van der Waals surface area contributed by atoms with Crippen LogP contribution < -0.4 is 5.43 Å². The van der Waals surface area contributed by atoms with Crippen LogP contribution in [0.1, 0.15) is 40.0 Å². The molecule has 2 aromatic heterocycles. The summed E-state index contributed by atoms with van der Waals surface area (Å²) in [6.07, 6.45) is 1.27. The van der Waals surface area contributed by atoms with Gasteiger partial charge in [-0.3, -0.25) is 4.79 Å². The summed E-state index contributed by atoms with van der Waals surface area (Å²) in [5, 5.41) is 0.989.